The van der Waals surface area contributed by atoms with E-state index < -0.39 is 23.1 Å². The lowest BCUT2D eigenvalue weighted by Crippen LogP contribution is -2.28. The Morgan fingerprint density at radius 2 is 2.00 bits per heavy atom. The summed E-state index contributed by atoms with van der Waals surface area (Å²) in [6.45, 7) is -0.969. The predicted octanol–water partition coefficient (Wildman–Crippen LogP) is 0.0783. The number of nitrogens with zero attached hydrogens (tertiary/aromatic N) is 2. The van der Waals surface area contributed by atoms with Gasteiger partial charge in [-0.3, -0.25) is 0 Å². The van der Waals surface area contributed by atoms with Crippen LogP contribution in [0.25, 0.3) is 0 Å². The van der Waals surface area contributed by atoms with Crippen LogP contribution in [0.2, 0.25) is 0 Å². The number of anilines is 1. The first kappa shape index (κ1) is 15.7. The molecule has 0 aliphatic heterocycles. The molecular formula is C9H14F2N4O3S. The Bertz CT molecular complexity index is 481. The second kappa shape index (κ2) is 7.26. The van der Waals surface area contributed by atoms with Gasteiger partial charge in [-0.2, -0.15) is 0 Å². The minimum Gasteiger partial charge on any atom is -0.374 e. The molecule has 0 spiro atoms. The van der Waals surface area contributed by atoms with Crippen molar-refractivity contribution in [1.82, 2.24) is 14.7 Å². The van der Waals surface area contributed by atoms with E-state index in [0.29, 0.717) is 5.95 Å². The summed E-state index contributed by atoms with van der Waals surface area (Å²) < 4.78 is 53.7. The van der Waals surface area contributed by atoms with Crippen molar-refractivity contribution in [3.05, 3.63) is 12.4 Å². The van der Waals surface area contributed by atoms with E-state index >= 15 is 0 Å². The molecular weight excluding hydrogens is 282 g/mol. The molecule has 1 aromatic rings. The van der Waals surface area contributed by atoms with Crippen LogP contribution in [0.4, 0.5) is 14.7 Å². The maximum atomic E-state index is 11.7. The van der Waals surface area contributed by atoms with Gasteiger partial charge in [0.2, 0.25) is 16.0 Å². The standard InChI is InChI=1S/C9H14F2N4O3S/c1-12-9-13-4-7(5-14-9)19(16,17)15-2-3-18-6-8(10)11/h4-5,8,15H,2-3,6H2,1H3,(H,12,13,14). The Hall–Kier alpha value is -1.39. The lowest BCUT2D eigenvalue weighted by Gasteiger charge is -2.07. The van der Waals surface area contributed by atoms with Crippen LogP contribution in [0, 0.1) is 0 Å². The van der Waals surface area contributed by atoms with E-state index in [1.165, 1.54) is 0 Å². The molecule has 108 valence electrons. The topological polar surface area (TPSA) is 93.2 Å². The van der Waals surface area contributed by atoms with Crippen molar-refractivity contribution in [2.24, 2.45) is 0 Å². The van der Waals surface area contributed by atoms with Gasteiger partial charge in [0, 0.05) is 13.6 Å². The SMILES string of the molecule is CNc1ncc(S(=O)(=O)NCCOCC(F)F)cn1. The molecule has 0 bridgehead atoms. The summed E-state index contributed by atoms with van der Waals surface area (Å²) in [4.78, 5) is 7.41. The third-order valence-electron chi connectivity index (χ3n) is 1.94. The number of nitrogens with one attached hydrogen (secondary N) is 2. The van der Waals surface area contributed by atoms with E-state index in [4.69, 9.17) is 0 Å². The number of alkyl halides is 2. The minimum atomic E-state index is -3.76. The molecule has 10 heteroatoms. The van der Waals surface area contributed by atoms with Gasteiger partial charge in [0.15, 0.2) is 0 Å². The van der Waals surface area contributed by atoms with E-state index in [0.717, 1.165) is 12.4 Å². The van der Waals surface area contributed by atoms with Gasteiger partial charge in [-0.1, -0.05) is 0 Å². The van der Waals surface area contributed by atoms with Crippen LogP contribution in [0.5, 0.6) is 0 Å². The Morgan fingerprint density at radius 1 is 1.37 bits per heavy atom. The van der Waals surface area contributed by atoms with Crippen LogP contribution in [0.1, 0.15) is 0 Å². The fraction of sp³-hybridized carbons (Fsp3) is 0.556. The zero-order valence-corrected chi connectivity index (χ0v) is 11.0. The predicted molar refractivity (Wildman–Crippen MR) is 63.6 cm³/mol. The van der Waals surface area contributed by atoms with Gasteiger partial charge < -0.3 is 10.1 Å². The van der Waals surface area contributed by atoms with Crippen molar-refractivity contribution in [2.45, 2.75) is 11.3 Å². The van der Waals surface area contributed by atoms with E-state index in [-0.39, 0.29) is 18.0 Å². The number of hydrogen-bond donors (Lipinski definition) is 2. The van der Waals surface area contributed by atoms with E-state index in [1.54, 1.807) is 7.05 Å². The summed E-state index contributed by atoms with van der Waals surface area (Å²) in [5.41, 5.74) is 0. The Kier molecular flexibility index (Phi) is 5.99. The number of aromatic nitrogens is 2. The molecule has 0 saturated heterocycles. The number of rotatable bonds is 8. The van der Waals surface area contributed by atoms with Crippen molar-refractivity contribution >= 4 is 16.0 Å². The van der Waals surface area contributed by atoms with Crippen molar-refractivity contribution in [1.29, 1.82) is 0 Å². The second-order valence-corrected chi connectivity index (χ2v) is 5.12. The molecule has 0 aliphatic rings. The zero-order chi connectivity index (χ0) is 14.3. The molecule has 0 saturated carbocycles. The average Bonchev–Trinajstić information content (AvgIpc) is 2.38. The summed E-state index contributed by atoms with van der Waals surface area (Å²) in [5, 5.41) is 2.65. The summed E-state index contributed by atoms with van der Waals surface area (Å²) in [6.07, 6.45) is -0.290. The van der Waals surface area contributed by atoms with Crippen molar-refractivity contribution in [3.63, 3.8) is 0 Å². The summed E-state index contributed by atoms with van der Waals surface area (Å²) in [5.74, 6) is 0.291. The van der Waals surface area contributed by atoms with Gasteiger partial charge in [-0.25, -0.2) is 31.9 Å². The Morgan fingerprint density at radius 3 is 2.53 bits per heavy atom. The second-order valence-electron chi connectivity index (χ2n) is 3.36. The highest BCUT2D eigenvalue weighted by atomic mass is 32.2. The van der Waals surface area contributed by atoms with Crippen molar-refractivity contribution in [3.8, 4) is 0 Å². The number of ether oxygens (including phenoxy) is 1. The first-order valence-electron chi connectivity index (χ1n) is 5.31. The number of sulfonamides is 1. The van der Waals surface area contributed by atoms with Crippen LogP contribution in [0.15, 0.2) is 17.3 Å². The maximum absolute atomic E-state index is 11.7. The normalized spacial score (nSPS) is 11.8. The van der Waals surface area contributed by atoms with Gasteiger partial charge in [0.1, 0.15) is 11.5 Å². The van der Waals surface area contributed by atoms with Crippen molar-refractivity contribution in [2.75, 3.05) is 32.1 Å². The average molecular weight is 296 g/mol. The summed E-state index contributed by atoms with van der Waals surface area (Å²) in [6, 6.07) is 0. The van der Waals surface area contributed by atoms with Crippen LogP contribution in [-0.2, 0) is 14.8 Å². The van der Waals surface area contributed by atoms with Crippen LogP contribution < -0.4 is 10.0 Å². The van der Waals surface area contributed by atoms with Gasteiger partial charge in [-0.05, 0) is 0 Å². The molecule has 0 amide bonds. The van der Waals surface area contributed by atoms with Crippen LogP contribution in [-0.4, -0.2) is 51.6 Å². The monoisotopic (exact) mass is 296 g/mol. The molecule has 7 nitrogen and oxygen atoms in total. The summed E-state index contributed by atoms with van der Waals surface area (Å²) >= 11 is 0. The first-order chi connectivity index (χ1) is 8.95. The quantitative estimate of drug-likeness (QED) is 0.660. The molecule has 1 aromatic heterocycles. The third-order valence-corrected chi connectivity index (χ3v) is 3.36. The lowest BCUT2D eigenvalue weighted by atomic mass is 10.7. The smallest absolute Gasteiger partial charge is 0.261 e. The molecule has 0 aromatic carbocycles. The van der Waals surface area contributed by atoms with Gasteiger partial charge in [0.05, 0.1) is 19.0 Å². The maximum Gasteiger partial charge on any atom is 0.261 e. The highest BCUT2D eigenvalue weighted by molar-refractivity contribution is 7.89. The first-order valence-corrected chi connectivity index (χ1v) is 6.79. The molecule has 0 atom stereocenters. The highest BCUT2D eigenvalue weighted by Gasteiger charge is 2.14. The fourth-order valence-electron chi connectivity index (χ4n) is 1.09. The molecule has 1 heterocycles. The molecule has 0 radical (unpaired) electrons. The van der Waals surface area contributed by atoms with Gasteiger partial charge >= 0.3 is 0 Å². The number of hydrogen-bond acceptors (Lipinski definition) is 6. The van der Waals surface area contributed by atoms with Gasteiger partial charge in [0.25, 0.3) is 6.43 Å². The molecule has 19 heavy (non-hydrogen) atoms. The Labute approximate surface area is 109 Å². The van der Waals surface area contributed by atoms with E-state index in [9.17, 15) is 17.2 Å². The third kappa shape index (κ3) is 5.41. The van der Waals surface area contributed by atoms with E-state index in [1.807, 2.05) is 0 Å². The lowest BCUT2D eigenvalue weighted by molar-refractivity contribution is 0.0199. The van der Waals surface area contributed by atoms with Crippen LogP contribution >= 0.6 is 0 Å². The Balaban J connectivity index is 2.46. The molecule has 0 aliphatic carbocycles. The molecule has 2 N–H and O–H groups in total. The van der Waals surface area contributed by atoms with Gasteiger partial charge in [-0.15, -0.1) is 0 Å². The largest absolute Gasteiger partial charge is 0.374 e. The van der Waals surface area contributed by atoms with Crippen molar-refractivity contribution < 1.29 is 21.9 Å². The molecule has 1 rings (SSSR count). The fourth-order valence-corrected chi connectivity index (χ4v) is 1.99. The number of halogens is 2. The highest BCUT2D eigenvalue weighted by Crippen LogP contribution is 2.06. The zero-order valence-electron chi connectivity index (χ0n) is 10.1. The molecule has 0 fully saturated rings. The summed E-state index contributed by atoms with van der Waals surface area (Å²) in [7, 11) is -2.16. The van der Waals surface area contributed by atoms with E-state index in [2.05, 4.69) is 24.7 Å². The van der Waals surface area contributed by atoms with Crippen LogP contribution in [0.3, 0.4) is 0 Å². The minimum absolute atomic E-state index is 0.108. The molecule has 0 unspecified atom stereocenters.